The average molecular weight is 601 g/mol. The van der Waals surface area contributed by atoms with Gasteiger partial charge >= 0.3 is 12.3 Å². The third-order valence-electron chi connectivity index (χ3n) is 9.65. The number of alkyl halides is 3. The summed E-state index contributed by atoms with van der Waals surface area (Å²) < 4.78 is 44.5. The highest BCUT2D eigenvalue weighted by atomic mass is 19.4. The summed E-state index contributed by atoms with van der Waals surface area (Å²) in [6.45, 7) is 6.20. The number of amides is 2. The van der Waals surface area contributed by atoms with E-state index >= 15 is 0 Å². The zero-order chi connectivity index (χ0) is 30.0. The smallest absolute Gasteiger partial charge is 0.416 e. The average Bonchev–Trinajstić information content (AvgIpc) is 3.32. The molecule has 1 saturated carbocycles. The van der Waals surface area contributed by atoms with Gasteiger partial charge in [0.15, 0.2) is 0 Å². The van der Waals surface area contributed by atoms with Crippen LogP contribution in [-0.2, 0) is 22.3 Å². The minimum absolute atomic E-state index is 0.0488. The lowest BCUT2D eigenvalue weighted by molar-refractivity contribution is -0.138. The molecule has 43 heavy (non-hydrogen) atoms. The predicted molar refractivity (Wildman–Crippen MR) is 153 cm³/mol. The molecule has 0 N–H and O–H groups in total. The summed E-state index contributed by atoms with van der Waals surface area (Å²) in [5.41, 5.74) is -0.289. The standard InChI is InChI=1S/C31H39F3N6O3/c32-31(33,34)26-7-3-23(4-8-26)19-37-13-10-30(11-14-37)21-40(29(42)43-30)20-24-1-5-25(6-2-24)28(41)39-17-15-38(16-18-39)27-9-12-35-22-36-27/h3-4,7-9,12,22,24-25H,1-2,5-6,10-11,13-21H2. The van der Waals surface area contributed by atoms with E-state index in [1.54, 1.807) is 12.5 Å². The fraction of sp³-hybridized carbons (Fsp3) is 0.613. The van der Waals surface area contributed by atoms with Crippen molar-refractivity contribution in [1.29, 1.82) is 0 Å². The molecule has 3 aliphatic heterocycles. The molecule has 9 nitrogen and oxygen atoms in total. The second-order valence-corrected chi connectivity index (χ2v) is 12.5. The van der Waals surface area contributed by atoms with E-state index < -0.39 is 17.3 Å². The molecule has 1 aromatic heterocycles. The van der Waals surface area contributed by atoms with E-state index in [0.29, 0.717) is 51.5 Å². The van der Waals surface area contributed by atoms with Crippen LogP contribution >= 0.6 is 0 Å². The maximum atomic E-state index is 13.2. The van der Waals surface area contributed by atoms with Crippen molar-refractivity contribution in [2.75, 3.05) is 57.3 Å². The molecule has 0 atom stereocenters. The summed E-state index contributed by atoms with van der Waals surface area (Å²) in [5.74, 6) is 1.56. The monoisotopic (exact) mass is 600 g/mol. The van der Waals surface area contributed by atoms with Crippen LogP contribution in [0.4, 0.5) is 23.8 Å². The van der Waals surface area contributed by atoms with Crippen LogP contribution in [0.3, 0.4) is 0 Å². The van der Waals surface area contributed by atoms with Crippen molar-refractivity contribution in [3.63, 3.8) is 0 Å². The van der Waals surface area contributed by atoms with E-state index in [2.05, 4.69) is 19.8 Å². The van der Waals surface area contributed by atoms with Gasteiger partial charge in [-0.1, -0.05) is 12.1 Å². The molecule has 4 heterocycles. The topological polar surface area (TPSA) is 82.1 Å². The third-order valence-corrected chi connectivity index (χ3v) is 9.65. The van der Waals surface area contributed by atoms with Gasteiger partial charge in [-0.05, 0) is 55.4 Å². The Morgan fingerprint density at radius 2 is 1.65 bits per heavy atom. The molecular formula is C31H39F3N6O3. The van der Waals surface area contributed by atoms with Crippen LogP contribution in [0, 0.1) is 11.8 Å². The summed E-state index contributed by atoms with van der Waals surface area (Å²) in [4.78, 5) is 42.6. The number of ether oxygens (including phenoxy) is 1. The summed E-state index contributed by atoms with van der Waals surface area (Å²) in [7, 11) is 0. The van der Waals surface area contributed by atoms with Gasteiger partial charge < -0.3 is 19.4 Å². The first-order valence-corrected chi connectivity index (χ1v) is 15.3. The highest BCUT2D eigenvalue weighted by Crippen LogP contribution is 2.37. The van der Waals surface area contributed by atoms with E-state index in [-0.39, 0.29) is 17.9 Å². The summed E-state index contributed by atoms with van der Waals surface area (Å²) in [5, 5.41) is 0. The van der Waals surface area contributed by atoms with Crippen LogP contribution in [-0.4, -0.2) is 94.6 Å². The molecule has 2 amide bonds. The quantitative estimate of drug-likeness (QED) is 0.485. The number of hydrogen-bond donors (Lipinski definition) is 0. The van der Waals surface area contributed by atoms with Crippen molar-refractivity contribution < 1.29 is 27.5 Å². The lowest BCUT2D eigenvalue weighted by atomic mass is 9.81. The molecule has 1 aromatic carbocycles. The Balaban J connectivity index is 0.922. The first-order chi connectivity index (χ1) is 20.7. The summed E-state index contributed by atoms with van der Waals surface area (Å²) in [6, 6.07) is 7.23. The van der Waals surface area contributed by atoms with Crippen molar-refractivity contribution in [1.82, 2.24) is 24.7 Å². The lowest BCUT2D eigenvalue weighted by Gasteiger charge is -2.38. The lowest BCUT2D eigenvalue weighted by Crippen LogP contribution is -2.51. The fourth-order valence-corrected chi connectivity index (χ4v) is 7.06. The van der Waals surface area contributed by atoms with Crippen molar-refractivity contribution in [3.8, 4) is 0 Å². The largest absolute Gasteiger partial charge is 0.441 e. The van der Waals surface area contributed by atoms with Crippen LogP contribution in [0.5, 0.6) is 0 Å². The molecule has 3 saturated heterocycles. The van der Waals surface area contributed by atoms with Crippen LogP contribution in [0.25, 0.3) is 0 Å². The number of piperidine rings is 1. The second-order valence-electron chi connectivity index (χ2n) is 12.5. The molecule has 232 valence electrons. The first kappa shape index (κ1) is 29.7. The number of rotatable bonds is 6. The Morgan fingerprint density at radius 3 is 2.28 bits per heavy atom. The van der Waals surface area contributed by atoms with Crippen molar-refractivity contribution in [2.45, 2.75) is 56.8 Å². The molecule has 1 aliphatic carbocycles. The zero-order valence-electron chi connectivity index (χ0n) is 24.3. The molecule has 6 rings (SSSR count). The number of likely N-dealkylation sites (tertiary alicyclic amines) is 1. The first-order valence-electron chi connectivity index (χ1n) is 15.3. The van der Waals surface area contributed by atoms with Gasteiger partial charge in [-0.3, -0.25) is 9.69 Å². The normalized spacial score (nSPS) is 24.8. The molecule has 4 aliphatic rings. The van der Waals surface area contributed by atoms with Gasteiger partial charge in [-0.25, -0.2) is 14.8 Å². The summed E-state index contributed by atoms with van der Waals surface area (Å²) >= 11 is 0. The van der Waals surface area contributed by atoms with Gasteiger partial charge in [0, 0.05) is 77.3 Å². The number of benzene rings is 1. The Morgan fingerprint density at radius 1 is 0.953 bits per heavy atom. The van der Waals surface area contributed by atoms with Crippen LogP contribution < -0.4 is 4.90 Å². The van der Waals surface area contributed by atoms with Gasteiger partial charge in [0.2, 0.25) is 5.91 Å². The molecule has 12 heteroatoms. The van der Waals surface area contributed by atoms with Crippen LogP contribution in [0.15, 0.2) is 42.9 Å². The van der Waals surface area contributed by atoms with Crippen LogP contribution in [0.2, 0.25) is 0 Å². The van der Waals surface area contributed by atoms with Gasteiger partial charge in [-0.2, -0.15) is 13.2 Å². The fourth-order valence-electron chi connectivity index (χ4n) is 7.06. The molecule has 0 bridgehead atoms. The second kappa shape index (κ2) is 12.3. The molecule has 0 radical (unpaired) electrons. The van der Waals surface area contributed by atoms with Crippen molar-refractivity contribution in [3.05, 3.63) is 54.0 Å². The van der Waals surface area contributed by atoms with E-state index in [1.807, 2.05) is 15.9 Å². The highest BCUT2D eigenvalue weighted by Gasteiger charge is 2.47. The Labute approximate surface area is 250 Å². The SMILES string of the molecule is O=C1OC2(CCN(Cc3ccc(C(F)(F)F)cc3)CC2)CN1CC1CCC(C(=O)N2CCN(c3ccncn3)CC2)CC1. The third kappa shape index (κ3) is 6.89. The minimum Gasteiger partial charge on any atom is -0.441 e. The molecular weight excluding hydrogens is 561 g/mol. The van der Waals surface area contributed by atoms with E-state index in [1.165, 1.54) is 12.1 Å². The van der Waals surface area contributed by atoms with Gasteiger partial charge in [0.05, 0.1) is 12.1 Å². The summed E-state index contributed by atoms with van der Waals surface area (Å²) in [6.07, 6.45) is 3.67. The number of hydrogen-bond acceptors (Lipinski definition) is 7. The Bertz CT molecular complexity index is 1250. The number of carbonyl (C=O) groups excluding carboxylic acids is 2. The molecule has 4 fully saturated rings. The van der Waals surface area contributed by atoms with Crippen molar-refractivity contribution >= 4 is 17.8 Å². The van der Waals surface area contributed by atoms with E-state index in [4.69, 9.17) is 4.74 Å². The maximum absolute atomic E-state index is 13.2. The number of nitrogens with zero attached hydrogens (tertiary/aromatic N) is 6. The van der Waals surface area contributed by atoms with E-state index in [9.17, 15) is 22.8 Å². The number of carbonyl (C=O) groups is 2. The Hall–Kier alpha value is -3.41. The maximum Gasteiger partial charge on any atom is 0.416 e. The van der Waals surface area contributed by atoms with Gasteiger partial charge in [0.1, 0.15) is 17.7 Å². The number of anilines is 1. The zero-order valence-corrected chi connectivity index (χ0v) is 24.3. The Kier molecular flexibility index (Phi) is 8.48. The van der Waals surface area contributed by atoms with Crippen LogP contribution in [0.1, 0.15) is 49.7 Å². The van der Waals surface area contributed by atoms with Crippen molar-refractivity contribution in [2.24, 2.45) is 11.8 Å². The molecule has 2 aromatic rings. The molecule has 0 unspecified atom stereocenters. The number of aromatic nitrogens is 2. The van der Waals surface area contributed by atoms with Gasteiger partial charge in [-0.15, -0.1) is 0 Å². The van der Waals surface area contributed by atoms with E-state index in [0.717, 1.165) is 75.4 Å². The molecule has 1 spiro atoms. The highest BCUT2D eigenvalue weighted by molar-refractivity contribution is 5.79. The predicted octanol–water partition coefficient (Wildman–Crippen LogP) is 4.44. The minimum atomic E-state index is -4.33. The number of halogens is 3. The van der Waals surface area contributed by atoms with Gasteiger partial charge in [0.25, 0.3) is 0 Å². The number of piperazine rings is 1.